The summed E-state index contributed by atoms with van der Waals surface area (Å²) in [7, 11) is 0. The van der Waals surface area contributed by atoms with Crippen LogP contribution in [0.5, 0.6) is 0 Å². The Morgan fingerprint density at radius 2 is 2.13 bits per heavy atom. The Bertz CT molecular complexity index is 736. The molecule has 0 radical (unpaired) electrons. The van der Waals surface area contributed by atoms with Gasteiger partial charge in [-0.05, 0) is 38.6 Å². The van der Waals surface area contributed by atoms with E-state index in [1.54, 1.807) is 10.8 Å². The lowest BCUT2D eigenvalue weighted by Gasteiger charge is -2.27. The second-order valence-corrected chi connectivity index (χ2v) is 7.04. The second-order valence-electron chi connectivity index (χ2n) is 7.04. The zero-order valence-electron chi connectivity index (χ0n) is 13.1. The molecule has 23 heavy (non-hydrogen) atoms. The summed E-state index contributed by atoms with van der Waals surface area (Å²) in [6, 6.07) is 0.465. The number of nitrogens with zero attached hydrogens (tertiary/aromatic N) is 1. The highest BCUT2D eigenvalue weighted by atomic mass is 16.2. The van der Waals surface area contributed by atoms with Crippen molar-refractivity contribution >= 4 is 5.91 Å². The van der Waals surface area contributed by atoms with Gasteiger partial charge in [0.2, 0.25) is 5.91 Å². The van der Waals surface area contributed by atoms with Crippen LogP contribution in [-0.2, 0) is 11.3 Å². The van der Waals surface area contributed by atoms with Crippen LogP contribution in [0.15, 0.2) is 15.8 Å². The largest absolute Gasteiger partial charge is 0.351 e. The van der Waals surface area contributed by atoms with E-state index in [-0.39, 0.29) is 35.6 Å². The van der Waals surface area contributed by atoms with Gasteiger partial charge in [0.15, 0.2) is 0 Å². The molecule has 3 fully saturated rings. The van der Waals surface area contributed by atoms with Gasteiger partial charge >= 0.3 is 5.69 Å². The molecular formula is C16H22N4O3. The predicted octanol–water partition coefficient (Wildman–Crippen LogP) is 0.0199. The topological polar surface area (TPSA) is 96.0 Å². The quantitative estimate of drug-likeness (QED) is 0.729. The summed E-state index contributed by atoms with van der Waals surface area (Å²) < 4.78 is 1.58. The second kappa shape index (κ2) is 5.33. The minimum atomic E-state index is -0.405. The van der Waals surface area contributed by atoms with E-state index in [1.165, 1.54) is 0 Å². The fourth-order valence-electron chi connectivity index (χ4n) is 4.15. The predicted molar refractivity (Wildman–Crippen MR) is 84.1 cm³/mol. The van der Waals surface area contributed by atoms with Crippen LogP contribution in [0.3, 0.4) is 0 Å². The fourth-order valence-corrected chi connectivity index (χ4v) is 4.15. The molecule has 0 unspecified atom stereocenters. The first-order valence-corrected chi connectivity index (χ1v) is 8.46. The summed E-state index contributed by atoms with van der Waals surface area (Å²) in [5, 5.41) is 6.35. The van der Waals surface area contributed by atoms with Gasteiger partial charge in [-0.25, -0.2) is 4.79 Å². The molecule has 124 valence electrons. The molecular weight excluding hydrogens is 296 g/mol. The van der Waals surface area contributed by atoms with Gasteiger partial charge in [-0.2, -0.15) is 0 Å². The van der Waals surface area contributed by atoms with Crippen molar-refractivity contribution in [1.82, 2.24) is 20.2 Å². The third-order valence-electron chi connectivity index (χ3n) is 5.62. The van der Waals surface area contributed by atoms with E-state index in [9.17, 15) is 14.4 Å². The van der Waals surface area contributed by atoms with Gasteiger partial charge in [-0.3, -0.25) is 19.1 Å². The number of hydrogen-bond donors (Lipinski definition) is 3. The average Bonchev–Trinajstić information content (AvgIpc) is 3.13. The monoisotopic (exact) mass is 318 g/mol. The maximum Gasteiger partial charge on any atom is 0.328 e. The molecule has 7 nitrogen and oxygen atoms in total. The van der Waals surface area contributed by atoms with Crippen molar-refractivity contribution in [3.05, 3.63) is 32.6 Å². The number of rotatable bonds is 4. The van der Waals surface area contributed by atoms with Crippen molar-refractivity contribution in [3.8, 4) is 0 Å². The highest BCUT2D eigenvalue weighted by molar-refractivity contribution is 5.84. The maximum atomic E-state index is 12.7. The molecule has 2 heterocycles. The number of nitrogens with one attached hydrogen (secondary N) is 3. The van der Waals surface area contributed by atoms with Crippen molar-refractivity contribution in [3.63, 3.8) is 0 Å². The lowest BCUT2D eigenvalue weighted by molar-refractivity contribution is -0.131. The Morgan fingerprint density at radius 1 is 1.30 bits per heavy atom. The number of aromatic amines is 1. The highest BCUT2D eigenvalue weighted by Crippen LogP contribution is 2.44. The van der Waals surface area contributed by atoms with E-state index in [0.717, 1.165) is 45.1 Å². The van der Waals surface area contributed by atoms with Crippen LogP contribution in [0.2, 0.25) is 0 Å². The highest BCUT2D eigenvalue weighted by Gasteiger charge is 2.51. The first-order chi connectivity index (χ1) is 11.1. The van der Waals surface area contributed by atoms with Gasteiger partial charge in [-0.15, -0.1) is 0 Å². The van der Waals surface area contributed by atoms with Crippen molar-refractivity contribution < 1.29 is 4.79 Å². The minimum absolute atomic E-state index is 0.0357. The molecule has 2 aliphatic carbocycles. The number of amides is 1. The molecule has 1 aliphatic heterocycles. The Labute approximate surface area is 133 Å². The van der Waals surface area contributed by atoms with Crippen LogP contribution in [-0.4, -0.2) is 28.0 Å². The van der Waals surface area contributed by atoms with E-state index in [4.69, 9.17) is 0 Å². The normalized spacial score (nSPS) is 29.5. The summed E-state index contributed by atoms with van der Waals surface area (Å²) >= 11 is 0. The van der Waals surface area contributed by atoms with Gasteiger partial charge in [0.1, 0.15) is 0 Å². The van der Waals surface area contributed by atoms with Crippen molar-refractivity contribution in [2.75, 3.05) is 6.54 Å². The lowest BCUT2D eigenvalue weighted by atomic mass is 9.81. The molecule has 7 heteroatoms. The third kappa shape index (κ3) is 2.43. The zero-order chi connectivity index (χ0) is 16.0. The Balaban J connectivity index is 1.51. The van der Waals surface area contributed by atoms with Gasteiger partial charge in [-0.1, -0.05) is 6.42 Å². The number of carbonyl (C=O) groups excluding carboxylic acids is 1. The van der Waals surface area contributed by atoms with E-state index >= 15 is 0 Å². The number of H-pyrrole nitrogens is 1. The number of fused-ring (bicyclic) bond motifs is 1. The summed E-state index contributed by atoms with van der Waals surface area (Å²) in [6.45, 7) is 1.06. The maximum absolute atomic E-state index is 12.7. The van der Waals surface area contributed by atoms with Gasteiger partial charge in [0, 0.05) is 24.8 Å². The van der Waals surface area contributed by atoms with E-state index in [0.29, 0.717) is 5.56 Å². The third-order valence-corrected chi connectivity index (χ3v) is 5.62. The molecule has 1 saturated heterocycles. The smallest absolute Gasteiger partial charge is 0.328 e. The average molecular weight is 318 g/mol. The molecule has 0 spiro atoms. The molecule has 0 bridgehead atoms. The fraction of sp³-hybridized carbons (Fsp3) is 0.688. The van der Waals surface area contributed by atoms with Crippen LogP contribution in [0.4, 0.5) is 0 Å². The van der Waals surface area contributed by atoms with E-state index < -0.39 is 5.56 Å². The van der Waals surface area contributed by atoms with Crippen LogP contribution >= 0.6 is 0 Å². The molecule has 4 rings (SSSR count). The van der Waals surface area contributed by atoms with E-state index in [2.05, 4.69) is 15.6 Å². The standard InChI is InChI=1S/C16H22N4O3/c21-13-10(9-20(11-3-4-11)15(23)19-13)8-18-14(22)16-5-1-2-12(16)17-7-6-16/h9,11-12,17H,1-8H2,(H,18,22)(H,19,21,23)/t12-,16+/m1/s1. The molecule has 1 aromatic rings. The number of aromatic nitrogens is 2. The van der Waals surface area contributed by atoms with Crippen LogP contribution < -0.4 is 21.9 Å². The molecule has 2 atom stereocenters. The Morgan fingerprint density at radius 3 is 2.91 bits per heavy atom. The zero-order valence-corrected chi connectivity index (χ0v) is 13.1. The Kier molecular flexibility index (Phi) is 3.41. The van der Waals surface area contributed by atoms with Crippen LogP contribution in [0, 0.1) is 5.41 Å². The molecule has 3 aliphatic rings. The molecule has 2 saturated carbocycles. The number of hydrogen-bond acceptors (Lipinski definition) is 4. The van der Waals surface area contributed by atoms with Gasteiger partial charge in [0.25, 0.3) is 5.56 Å². The Hall–Kier alpha value is -1.89. The summed E-state index contributed by atoms with van der Waals surface area (Å²) in [5.41, 5.74) is -0.626. The molecule has 3 N–H and O–H groups in total. The number of carbonyl (C=O) groups is 1. The molecule has 0 aromatic carbocycles. The van der Waals surface area contributed by atoms with E-state index in [1.807, 2.05) is 0 Å². The molecule has 1 aromatic heterocycles. The minimum Gasteiger partial charge on any atom is -0.351 e. The van der Waals surface area contributed by atoms with Gasteiger partial charge < -0.3 is 10.6 Å². The van der Waals surface area contributed by atoms with Gasteiger partial charge in [0.05, 0.1) is 11.0 Å². The van der Waals surface area contributed by atoms with Crippen molar-refractivity contribution in [1.29, 1.82) is 0 Å². The van der Waals surface area contributed by atoms with Crippen molar-refractivity contribution in [2.24, 2.45) is 5.41 Å². The van der Waals surface area contributed by atoms with Crippen LogP contribution in [0.1, 0.15) is 50.1 Å². The summed E-state index contributed by atoms with van der Waals surface area (Å²) in [5.74, 6) is 0.0357. The van der Waals surface area contributed by atoms with Crippen LogP contribution in [0.25, 0.3) is 0 Å². The SMILES string of the molecule is O=C(NCc1cn(C2CC2)c(=O)[nH]c1=O)[C@]12CCC[C@H]1NCC2. The first kappa shape index (κ1) is 14.7. The summed E-state index contributed by atoms with van der Waals surface area (Å²) in [6.07, 6.45) is 7.42. The first-order valence-electron chi connectivity index (χ1n) is 8.46. The summed E-state index contributed by atoms with van der Waals surface area (Å²) in [4.78, 5) is 38.8. The lowest BCUT2D eigenvalue weighted by Crippen LogP contribution is -2.45. The molecule has 1 amide bonds. The van der Waals surface area contributed by atoms with Crippen molar-refractivity contribution in [2.45, 2.75) is 57.2 Å².